The lowest BCUT2D eigenvalue weighted by Gasteiger charge is -2.32. The molecule has 24 heavy (non-hydrogen) atoms. The first-order valence-electron chi connectivity index (χ1n) is 9.03. The fourth-order valence-corrected chi connectivity index (χ4v) is 4.12. The molecule has 0 aliphatic heterocycles. The number of carboxylic acid groups (broad SMARTS) is 1. The van der Waals surface area contributed by atoms with E-state index < -0.39 is 5.97 Å². The van der Waals surface area contributed by atoms with Gasteiger partial charge in [0.05, 0.1) is 5.92 Å². The van der Waals surface area contributed by atoms with Crippen LogP contribution in [0.25, 0.3) is 0 Å². The minimum atomic E-state index is -0.683. The van der Waals surface area contributed by atoms with E-state index in [0.29, 0.717) is 0 Å². The summed E-state index contributed by atoms with van der Waals surface area (Å²) < 4.78 is 0. The van der Waals surface area contributed by atoms with Gasteiger partial charge in [0.25, 0.3) is 0 Å². The number of carbonyl (C=O) groups is 1. The van der Waals surface area contributed by atoms with E-state index in [2.05, 4.69) is 45.9 Å². The Kier molecular flexibility index (Phi) is 5.27. The summed E-state index contributed by atoms with van der Waals surface area (Å²) in [5.74, 6) is -0.781. The molecule has 132 valence electrons. The number of hydrogen-bond acceptors (Lipinski definition) is 1. The van der Waals surface area contributed by atoms with Crippen LogP contribution in [0.1, 0.15) is 60.8 Å². The predicted octanol–water partition coefficient (Wildman–Crippen LogP) is 5.93. The lowest BCUT2D eigenvalue weighted by molar-refractivity contribution is -0.139. The van der Waals surface area contributed by atoms with Crippen molar-refractivity contribution in [3.8, 4) is 0 Å². The van der Waals surface area contributed by atoms with Gasteiger partial charge in [-0.15, -0.1) is 0 Å². The third kappa shape index (κ3) is 3.91. The second-order valence-corrected chi connectivity index (χ2v) is 8.72. The number of hydrogen-bond donors (Lipinski definition) is 1. The average molecular weight is 328 g/mol. The van der Waals surface area contributed by atoms with Gasteiger partial charge >= 0.3 is 5.97 Å². The van der Waals surface area contributed by atoms with Crippen LogP contribution in [0.4, 0.5) is 0 Å². The van der Waals surface area contributed by atoms with Gasteiger partial charge in [0, 0.05) is 0 Å². The van der Waals surface area contributed by atoms with Crippen molar-refractivity contribution in [2.45, 2.75) is 60.8 Å². The van der Waals surface area contributed by atoms with Crippen LogP contribution in [-0.2, 0) is 4.79 Å². The van der Waals surface area contributed by atoms with Crippen molar-refractivity contribution in [2.75, 3.05) is 0 Å². The van der Waals surface area contributed by atoms with E-state index in [1.54, 1.807) is 0 Å². The van der Waals surface area contributed by atoms with Crippen LogP contribution in [0.5, 0.6) is 0 Å². The maximum atomic E-state index is 11.2. The van der Waals surface area contributed by atoms with Gasteiger partial charge in [-0.1, -0.05) is 69.2 Å². The summed E-state index contributed by atoms with van der Waals surface area (Å²) in [5, 5.41) is 9.20. The van der Waals surface area contributed by atoms with Gasteiger partial charge in [0.15, 0.2) is 0 Å². The molecule has 2 aliphatic carbocycles. The second kappa shape index (κ2) is 6.74. The van der Waals surface area contributed by atoms with E-state index in [9.17, 15) is 9.90 Å². The topological polar surface area (TPSA) is 37.3 Å². The van der Waals surface area contributed by atoms with Gasteiger partial charge in [-0.25, -0.2) is 0 Å². The smallest absolute Gasteiger partial charge is 0.307 e. The third-order valence-corrected chi connectivity index (χ3v) is 5.91. The Bertz CT molecular complexity index is 626. The molecule has 0 saturated heterocycles. The first kappa shape index (κ1) is 18.8. The Morgan fingerprint density at radius 3 is 2.46 bits per heavy atom. The quantitative estimate of drug-likeness (QED) is 0.635. The molecule has 0 amide bonds. The summed E-state index contributed by atoms with van der Waals surface area (Å²) >= 11 is 0. The molecule has 2 aliphatic rings. The monoisotopic (exact) mass is 328 g/mol. The second-order valence-electron chi connectivity index (χ2n) is 8.72. The molecule has 2 rings (SSSR count). The van der Waals surface area contributed by atoms with Crippen molar-refractivity contribution in [2.24, 2.45) is 22.7 Å². The average Bonchev–Trinajstić information content (AvgIpc) is 2.99. The summed E-state index contributed by atoms with van der Waals surface area (Å²) in [6, 6.07) is 0. The summed E-state index contributed by atoms with van der Waals surface area (Å²) in [6.45, 7) is 13.1. The highest BCUT2D eigenvalue weighted by molar-refractivity contribution is 5.76. The zero-order valence-electron chi connectivity index (χ0n) is 16.0. The SMILES string of the molecule is CC(C=CC1=C(C)CCCC1(C)C)=C/C=C\[C@H]1[C@H](C(=O)O)C1(C)C. The summed E-state index contributed by atoms with van der Waals surface area (Å²) in [6.07, 6.45) is 14.3. The highest BCUT2D eigenvalue weighted by Crippen LogP contribution is 2.59. The van der Waals surface area contributed by atoms with Crippen LogP contribution in [-0.4, -0.2) is 11.1 Å². The van der Waals surface area contributed by atoms with Gasteiger partial charge in [-0.2, -0.15) is 0 Å². The van der Waals surface area contributed by atoms with Crippen molar-refractivity contribution < 1.29 is 9.90 Å². The minimum absolute atomic E-state index is 0.117. The predicted molar refractivity (Wildman–Crippen MR) is 101 cm³/mol. The van der Waals surface area contributed by atoms with Gasteiger partial charge in [-0.05, 0) is 55.4 Å². The van der Waals surface area contributed by atoms with Crippen LogP contribution in [0.2, 0.25) is 0 Å². The van der Waals surface area contributed by atoms with Gasteiger partial charge in [0.2, 0.25) is 0 Å². The molecule has 1 saturated carbocycles. The van der Waals surface area contributed by atoms with Crippen molar-refractivity contribution in [3.05, 3.63) is 47.1 Å². The lowest BCUT2D eigenvalue weighted by Crippen LogP contribution is -2.19. The van der Waals surface area contributed by atoms with E-state index in [4.69, 9.17) is 0 Å². The fraction of sp³-hybridized carbons (Fsp3) is 0.591. The number of aliphatic carboxylic acids is 1. The Morgan fingerprint density at radius 1 is 1.25 bits per heavy atom. The Morgan fingerprint density at radius 2 is 1.92 bits per heavy atom. The largest absolute Gasteiger partial charge is 0.481 e. The molecule has 0 unspecified atom stereocenters. The number of rotatable bonds is 5. The standard InChI is InChI=1S/C22H32O2/c1-15(9-7-11-18-19(20(23)24)22(18,5)6)12-13-17-16(2)10-8-14-21(17,3)4/h7,9,11-13,18-19H,8,10,14H2,1-6H3,(H,23,24)/b11-7-,13-12?,15-9?/t18-,19+/m0/s1. The van der Waals surface area contributed by atoms with Crippen LogP contribution < -0.4 is 0 Å². The zero-order valence-corrected chi connectivity index (χ0v) is 16.0. The molecule has 2 nitrogen and oxygen atoms in total. The normalized spacial score (nSPS) is 29.5. The molecule has 2 heteroatoms. The Hall–Kier alpha value is -1.57. The first-order chi connectivity index (χ1) is 11.1. The van der Waals surface area contributed by atoms with Crippen molar-refractivity contribution in [1.82, 2.24) is 0 Å². The highest BCUT2D eigenvalue weighted by Gasteiger charge is 2.60. The summed E-state index contributed by atoms with van der Waals surface area (Å²) in [5.41, 5.74) is 4.32. The lowest BCUT2D eigenvalue weighted by atomic mass is 9.72. The van der Waals surface area contributed by atoms with Crippen molar-refractivity contribution in [1.29, 1.82) is 0 Å². The molecule has 2 atom stereocenters. The van der Waals surface area contributed by atoms with Gasteiger partial charge < -0.3 is 5.11 Å². The summed E-state index contributed by atoms with van der Waals surface area (Å²) in [4.78, 5) is 11.2. The fourth-order valence-electron chi connectivity index (χ4n) is 4.12. The summed E-state index contributed by atoms with van der Waals surface area (Å²) in [7, 11) is 0. The van der Waals surface area contributed by atoms with E-state index in [0.717, 1.165) is 0 Å². The van der Waals surface area contributed by atoms with E-state index in [1.165, 1.54) is 36.0 Å². The molecule has 1 fully saturated rings. The van der Waals surface area contributed by atoms with Crippen LogP contribution in [0.15, 0.2) is 47.1 Å². The van der Waals surface area contributed by atoms with Gasteiger partial charge in [0.1, 0.15) is 0 Å². The maximum absolute atomic E-state index is 11.2. The molecule has 0 heterocycles. The molecule has 0 spiro atoms. The van der Waals surface area contributed by atoms with Crippen molar-refractivity contribution in [3.63, 3.8) is 0 Å². The molecule has 0 radical (unpaired) electrons. The molecule has 0 bridgehead atoms. The molecule has 0 aromatic carbocycles. The maximum Gasteiger partial charge on any atom is 0.307 e. The Balaban J connectivity index is 2.02. The molecular formula is C22H32O2. The van der Waals surface area contributed by atoms with Crippen molar-refractivity contribution >= 4 is 5.97 Å². The zero-order chi connectivity index (χ0) is 18.1. The van der Waals surface area contributed by atoms with Crippen LogP contribution >= 0.6 is 0 Å². The van der Waals surface area contributed by atoms with Gasteiger partial charge in [-0.3, -0.25) is 4.79 Å². The van der Waals surface area contributed by atoms with Crippen LogP contribution in [0.3, 0.4) is 0 Å². The van der Waals surface area contributed by atoms with E-state index >= 15 is 0 Å². The highest BCUT2D eigenvalue weighted by atomic mass is 16.4. The van der Waals surface area contributed by atoms with E-state index in [-0.39, 0.29) is 22.7 Å². The molecule has 0 aromatic heterocycles. The van der Waals surface area contributed by atoms with E-state index in [1.807, 2.05) is 26.0 Å². The number of carboxylic acids is 1. The molecular weight excluding hydrogens is 296 g/mol. The molecule has 1 N–H and O–H groups in total. The van der Waals surface area contributed by atoms with Crippen LogP contribution in [0, 0.1) is 22.7 Å². The Labute approximate surface area is 147 Å². The third-order valence-electron chi connectivity index (χ3n) is 5.91. The minimum Gasteiger partial charge on any atom is -0.481 e. The molecule has 0 aromatic rings. The number of allylic oxidation sites excluding steroid dienone is 8. The first-order valence-corrected chi connectivity index (χ1v) is 9.03.